The highest BCUT2D eigenvalue weighted by molar-refractivity contribution is 5.91. The molecule has 3 rings (SSSR count). The minimum atomic E-state index is -0.834. The second kappa shape index (κ2) is 9.45. The lowest BCUT2D eigenvalue weighted by Crippen LogP contribution is -2.42. The summed E-state index contributed by atoms with van der Waals surface area (Å²) >= 11 is 0. The summed E-state index contributed by atoms with van der Waals surface area (Å²) in [5, 5.41) is 12.0. The van der Waals surface area contributed by atoms with Gasteiger partial charge in [-0.3, -0.25) is 4.79 Å². The van der Waals surface area contributed by atoms with Crippen LogP contribution in [0.15, 0.2) is 60.7 Å². The summed E-state index contributed by atoms with van der Waals surface area (Å²) in [5.41, 5.74) is 1.68. The summed E-state index contributed by atoms with van der Waals surface area (Å²) in [6.45, 7) is 0.216. The van der Waals surface area contributed by atoms with Crippen LogP contribution in [0.25, 0.3) is 6.08 Å². The second-order valence-electron chi connectivity index (χ2n) is 6.29. The highest BCUT2D eigenvalue weighted by Gasteiger charge is 2.21. The zero-order chi connectivity index (χ0) is 20.6. The molecule has 0 fully saturated rings. The van der Waals surface area contributed by atoms with Gasteiger partial charge < -0.3 is 24.6 Å². The summed E-state index contributed by atoms with van der Waals surface area (Å²) in [7, 11) is 1.27. The predicted octanol–water partition coefficient (Wildman–Crippen LogP) is 2.59. The van der Waals surface area contributed by atoms with Crippen LogP contribution in [-0.2, 0) is 20.7 Å². The molecule has 1 unspecified atom stereocenters. The lowest BCUT2D eigenvalue weighted by Gasteiger charge is -2.15. The number of carbonyl (C=O) groups excluding carboxylic acids is 2. The van der Waals surface area contributed by atoms with Gasteiger partial charge in [-0.2, -0.15) is 0 Å². The van der Waals surface area contributed by atoms with E-state index in [1.807, 2.05) is 24.3 Å². The van der Waals surface area contributed by atoms with Gasteiger partial charge in [-0.25, -0.2) is 4.79 Å². The number of phenolic OH excluding ortho intramolecular Hbond substituents is 1. The summed E-state index contributed by atoms with van der Waals surface area (Å²) < 4.78 is 15.3. The first-order valence-corrected chi connectivity index (χ1v) is 8.96. The van der Waals surface area contributed by atoms with E-state index >= 15 is 0 Å². The van der Waals surface area contributed by atoms with Gasteiger partial charge >= 0.3 is 5.97 Å². The molecular formula is C22H21NO6. The number of esters is 1. The van der Waals surface area contributed by atoms with Gasteiger partial charge in [-0.1, -0.05) is 36.4 Å². The minimum absolute atomic E-state index is 0.129. The van der Waals surface area contributed by atoms with Crippen LogP contribution in [0.1, 0.15) is 11.1 Å². The third-order valence-electron chi connectivity index (χ3n) is 4.22. The molecule has 0 bridgehead atoms. The molecule has 1 heterocycles. The number of phenols is 1. The van der Waals surface area contributed by atoms with Crippen LogP contribution in [0, 0.1) is 0 Å². The molecule has 0 spiro atoms. The van der Waals surface area contributed by atoms with Crippen molar-refractivity contribution in [2.45, 2.75) is 12.5 Å². The molecule has 0 aromatic heterocycles. The van der Waals surface area contributed by atoms with Crippen molar-refractivity contribution in [2.24, 2.45) is 0 Å². The number of methoxy groups -OCH3 is 1. The molecule has 0 saturated carbocycles. The lowest BCUT2D eigenvalue weighted by atomic mass is 10.1. The molecule has 1 aliphatic rings. The monoisotopic (exact) mass is 395 g/mol. The van der Waals surface area contributed by atoms with Crippen molar-refractivity contribution in [2.75, 3.05) is 13.9 Å². The van der Waals surface area contributed by atoms with E-state index in [-0.39, 0.29) is 19.0 Å². The Hall–Kier alpha value is -3.74. The summed E-state index contributed by atoms with van der Waals surface area (Å²) in [4.78, 5) is 24.1. The molecule has 0 saturated heterocycles. The molecule has 0 aliphatic carbocycles. The van der Waals surface area contributed by atoms with E-state index in [4.69, 9.17) is 14.2 Å². The van der Waals surface area contributed by atoms with E-state index < -0.39 is 17.9 Å². The standard InChI is InChI=1S/C22H21NO6/c1-27-22(26)18(12-16-6-9-17(24)10-7-16)23-21(25)5-3-2-4-15-8-11-19-20(13-15)29-14-28-19/h2-11,13,18,24H,12,14H2,1H3,(H,23,25)/b4-2+,5-3+. The molecule has 0 radical (unpaired) electrons. The van der Waals surface area contributed by atoms with E-state index in [0.29, 0.717) is 11.5 Å². The maximum atomic E-state index is 12.2. The number of hydrogen-bond acceptors (Lipinski definition) is 6. The largest absolute Gasteiger partial charge is 0.508 e. The van der Waals surface area contributed by atoms with Crippen molar-refractivity contribution in [3.63, 3.8) is 0 Å². The van der Waals surface area contributed by atoms with Gasteiger partial charge in [0, 0.05) is 12.5 Å². The Bertz CT molecular complexity index is 933. The number of aromatic hydroxyl groups is 1. The number of hydrogen-bond donors (Lipinski definition) is 2. The molecule has 1 aliphatic heterocycles. The normalized spacial score (nSPS) is 13.6. The number of benzene rings is 2. The van der Waals surface area contributed by atoms with Crippen molar-refractivity contribution in [1.82, 2.24) is 5.32 Å². The fraction of sp³-hybridized carbons (Fsp3) is 0.182. The fourth-order valence-electron chi connectivity index (χ4n) is 2.75. The zero-order valence-corrected chi connectivity index (χ0v) is 15.8. The number of allylic oxidation sites excluding steroid dienone is 2. The molecule has 150 valence electrons. The highest BCUT2D eigenvalue weighted by Crippen LogP contribution is 2.32. The van der Waals surface area contributed by atoms with E-state index in [9.17, 15) is 14.7 Å². The molecule has 7 heteroatoms. The third-order valence-corrected chi connectivity index (χ3v) is 4.22. The van der Waals surface area contributed by atoms with Crippen molar-refractivity contribution in [3.05, 3.63) is 71.8 Å². The topological polar surface area (TPSA) is 94.1 Å². The summed E-state index contributed by atoms with van der Waals surface area (Å²) in [6.07, 6.45) is 6.69. The predicted molar refractivity (Wildman–Crippen MR) is 106 cm³/mol. The number of amides is 1. The average Bonchev–Trinajstić information content (AvgIpc) is 3.19. The Morgan fingerprint density at radius 1 is 1.14 bits per heavy atom. The quantitative estimate of drug-likeness (QED) is 0.425. The smallest absolute Gasteiger partial charge is 0.328 e. The summed E-state index contributed by atoms with van der Waals surface area (Å²) in [5.74, 6) is 0.554. The van der Waals surface area contributed by atoms with Crippen LogP contribution in [-0.4, -0.2) is 36.9 Å². The third kappa shape index (κ3) is 5.62. The van der Waals surface area contributed by atoms with Gasteiger partial charge in [0.05, 0.1) is 7.11 Å². The Balaban J connectivity index is 1.57. The van der Waals surface area contributed by atoms with Crippen molar-refractivity contribution >= 4 is 18.0 Å². The molecule has 1 amide bonds. The Morgan fingerprint density at radius 3 is 2.66 bits per heavy atom. The zero-order valence-electron chi connectivity index (χ0n) is 15.8. The number of ether oxygens (including phenoxy) is 3. The first kappa shape index (κ1) is 20.0. The van der Waals surface area contributed by atoms with Crippen molar-refractivity contribution < 1.29 is 28.9 Å². The second-order valence-corrected chi connectivity index (χ2v) is 6.29. The number of nitrogens with one attached hydrogen (secondary N) is 1. The molecule has 7 nitrogen and oxygen atoms in total. The van der Waals surface area contributed by atoms with E-state index in [2.05, 4.69) is 5.32 Å². The van der Waals surface area contributed by atoms with Gasteiger partial charge in [0.15, 0.2) is 11.5 Å². The van der Waals surface area contributed by atoms with E-state index in [1.165, 1.54) is 25.3 Å². The van der Waals surface area contributed by atoms with Gasteiger partial charge in [0.25, 0.3) is 0 Å². The number of rotatable bonds is 7. The Kier molecular flexibility index (Phi) is 6.52. The maximum Gasteiger partial charge on any atom is 0.328 e. The summed E-state index contributed by atoms with van der Waals surface area (Å²) in [6, 6.07) is 11.1. The lowest BCUT2D eigenvalue weighted by molar-refractivity contribution is -0.144. The Labute approximate surface area is 168 Å². The molecule has 2 aromatic rings. The number of carbonyl (C=O) groups is 2. The SMILES string of the molecule is COC(=O)C(Cc1ccc(O)cc1)NC(=O)/C=C/C=C/c1ccc2c(c1)OCO2. The first-order chi connectivity index (χ1) is 14.0. The van der Waals surface area contributed by atoms with Gasteiger partial charge in [0.2, 0.25) is 12.7 Å². The van der Waals surface area contributed by atoms with E-state index in [1.54, 1.807) is 24.3 Å². The van der Waals surface area contributed by atoms with Crippen LogP contribution < -0.4 is 14.8 Å². The maximum absolute atomic E-state index is 12.2. The molecule has 29 heavy (non-hydrogen) atoms. The van der Waals surface area contributed by atoms with Crippen LogP contribution in [0.5, 0.6) is 17.2 Å². The van der Waals surface area contributed by atoms with Gasteiger partial charge in [0.1, 0.15) is 11.8 Å². The van der Waals surface area contributed by atoms with E-state index in [0.717, 1.165) is 11.1 Å². The Morgan fingerprint density at radius 2 is 1.90 bits per heavy atom. The molecular weight excluding hydrogens is 374 g/mol. The fourth-order valence-corrected chi connectivity index (χ4v) is 2.75. The van der Waals surface area contributed by atoms with Crippen molar-refractivity contribution in [3.8, 4) is 17.2 Å². The minimum Gasteiger partial charge on any atom is -0.508 e. The average molecular weight is 395 g/mol. The first-order valence-electron chi connectivity index (χ1n) is 8.96. The molecule has 2 N–H and O–H groups in total. The van der Waals surface area contributed by atoms with Crippen molar-refractivity contribution in [1.29, 1.82) is 0 Å². The molecule has 2 aromatic carbocycles. The number of fused-ring (bicyclic) bond motifs is 1. The van der Waals surface area contributed by atoms with Gasteiger partial charge in [-0.05, 0) is 35.4 Å². The highest BCUT2D eigenvalue weighted by atomic mass is 16.7. The van der Waals surface area contributed by atoms with Gasteiger partial charge in [-0.15, -0.1) is 0 Å². The van der Waals surface area contributed by atoms with Crippen LogP contribution in [0.4, 0.5) is 0 Å². The van der Waals surface area contributed by atoms with Crippen LogP contribution >= 0.6 is 0 Å². The van der Waals surface area contributed by atoms with Crippen LogP contribution in [0.3, 0.4) is 0 Å². The van der Waals surface area contributed by atoms with Crippen LogP contribution in [0.2, 0.25) is 0 Å². The molecule has 1 atom stereocenters.